The van der Waals surface area contributed by atoms with Gasteiger partial charge in [0.2, 0.25) is 0 Å². The van der Waals surface area contributed by atoms with E-state index in [2.05, 4.69) is 26.2 Å². The van der Waals surface area contributed by atoms with Crippen LogP contribution in [-0.4, -0.2) is 10.9 Å². The Bertz CT molecular complexity index is 1230. The third-order valence-corrected chi connectivity index (χ3v) is 6.04. The number of halogens is 1. The molecule has 1 aliphatic heterocycles. The van der Waals surface area contributed by atoms with Gasteiger partial charge in [0.1, 0.15) is 11.8 Å². The van der Waals surface area contributed by atoms with Crippen LogP contribution in [0.3, 0.4) is 0 Å². The molecule has 0 fully saturated rings. The molecule has 0 aromatic heterocycles. The molecule has 0 bridgehead atoms. The number of hydrogen-bond donors (Lipinski definition) is 1. The van der Waals surface area contributed by atoms with Crippen LogP contribution < -0.4 is 0 Å². The zero-order valence-corrected chi connectivity index (χ0v) is 17.5. The van der Waals surface area contributed by atoms with Crippen molar-refractivity contribution in [1.82, 2.24) is 0 Å². The molecule has 5 rings (SSSR count). The van der Waals surface area contributed by atoms with Gasteiger partial charge in [-0.05, 0) is 29.3 Å². The molecular weight excluding hydrogens is 440 g/mol. The molecule has 2 aliphatic rings. The van der Waals surface area contributed by atoms with E-state index in [4.69, 9.17) is 0 Å². The SMILES string of the molecule is O=C1C(C2=C[C@@H](c3ccccc3)[C@@H](c3ccc(Br)cc3)N=N2)=C(O)c2ccccc21. The quantitative estimate of drug-likeness (QED) is 0.471. The summed E-state index contributed by atoms with van der Waals surface area (Å²) in [5, 5.41) is 19.7. The van der Waals surface area contributed by atoms with E-state index in [1.54, 1.807) is 24.3 Å². The fraction of sp³-hybridized carbons (Fsp3) is 0.0800. The summed E-state index contributed by atoms with van der Waals surface area (Å²) in [6.45, 7) is 0. The van der Waals surface area contributed by atoms with Gasteiger partial charge in [-0.3, -0.25) is 4.79 Å². The summed E-state index contributed by atoms with van der Waals surface area (Å²) in [5.41, 5.74) is 3.77. The van der Waals surface area contributed by atoms with Gasteiger partial charge < -0.3 is 5.11 Å². The first-order valence-corrected chi connectivity index (χ1v) is 10.4. The Morgan fingerprint density at radius 2 is 1.47 bits per heavy atom. The number of aliphatic hydroxyl groups is 1. The molecule has 0 saturated heterocycles. The number of nitrogens with zero attached hydrogens (tertiary/aromatic N) is 2. The van der Waals surface area contributed by atoms with Crippen LogP contribution >= 0.6 is 15.9 Å². The fourth-order valence-electron chi connectivity index (χ4n) is 4.01. The van der Waals surface area contributed by atoms with Gasteiger partial charge in [-0.1, -0.05) is 82.7 Å². The van der Waals surface area contributed by atoms with Crippen LogP contribution in [0.5, 0.6) is 0 Å². The van der Waals surface area contributed by atoms with Crippen molar-refractivity contribution in [3.05, 3.63) is 123 Å². The molecular formula is C25H17BrN2O2. The van der Waals surface area contributed by atoms with Gasteiger partial charge in [-0.25, -0.2) is 0 Å². The van der Waals surface area contributed by atoms with Gasteiger partial charge in [0, 0.05) is 21.5 Å². The molecule has 1 heterocycles. The number of benzene rings is 3. The number of carbonyl (C=O) groups excluding carboxylic acids is 1. The lowest BCUT2D eigenvalue weighted by Crippen LogP contribution is -2.13. The summed E-state index contributed by atoms with van der Waals surface area (Å²) in [5.74, 6) is -0.367. The van der Waals surface area contributed by atoms with E-state index in [0.29, 0.717) is 16.8 Å². The largest absolute Gasteiger partial charge is 0.506 e. The number of carbonyl (C=O) groups is 1. The molecule has 1 N–H and O–H groups in total. The van der Waals surface area contributed by atoms with Gasteiger partial charge in [-0.15, -0.1) is 0 Å². The minimum Gasteiger partial charge on any atom is -0.506 e. The lowest BCUT2D eigenvalue weighted by atomic mass is 9.85. The number of rotatable bonds is 3. The van der Waals surface area contributed by atoms with Crippen LogP contribution in [0.2, 0.25) is 0 Å². The van der Waals surface area contributed by atoms with Gasteiger partial charge >= 0.3 is 0 Å². The molecule has 0 radical (unpaired) electrons. The smallest absolute Gasteiger partial charge is 0.199 e. The van der Waals surface area contributed by atoms with Gasteiger partial charge in [0.05, 0.1) is 11.3 Å². The Labute approximate surface area is 182 Å². The fourth-order valence-corrected chi connectivity index (χ4v) is 4.28. The minimum atomic E-state index is -0.220. The number of ketones is 1. The van der Waals surface area contributed by atoms with Crippen molar-refractivity contribution in [3.8, 4) is 0 Å². The average molecular weight is 457 g/mol. The second-order valence-corrected chi connectivity index (χ2v) is 8.21. The highest BCUT2D eigenvalue weighted by atomic mass is 79.9. The second kappa shape index (κ2) is 7.50. The van der Waals surface area contributed by atoms with E-state index >= 15 is 0 Å². The number of aliphatic hydroxyl groups excluding tert-OH is 1. The van der Waals surface area contributed by atoms with Crippen molar-refractivity contribution in [2.24, 2.45) is 10.2 Å². The first-order valence-electron chi connectivity index (χ1n) is 9.64. The normalized spacial score (nSPS) is 20.3. The Balaban J connectivity index is 1.60. The van der Waals surface area contributed by atoms with Crippen LogP contribution in [0.4, 0.5) is 0 Å². The van der Waals surface area contributed by atoms with Crippen molar-refractivity contribution in [3.63, 3.8) is 0 Å². The molecule has 4 nitrogen and oxygen atoms in total. The number of hydrogen-bond acceptors (Lipinski definition) is 4. The van der Waals surface area contributed by atoms with Crippen LogP contribution in [0.1, 0.15) is 39.0 Å². The van der Waals surface area contributed by atoms with Crippen LogP contribution in [0, 0.1) is 0 Å². The predicted octanol–water partition coefficient (Wildman–Crippen LogP) is 6.79. The predicted molar refractivity (Wildman–Crippen MR) is 119 cm³/mol. The highest BCUT2D eigenvalue weighted by Gasteiger charge is 2.35. The zero-order chi connectivity index (χ0) is 20.7. The Hall–Kier alpha value is -3.31. The maximum absolute atomic E-state index is 13.0. The van der Waals surface area contributed by atoms with Crippen LogP contribution in [-0.2, 0) is 0 Å². The van der Waals surface area contributed by atoms with E-state index in [1.165, 1.54) is 0 Å². The summed E-state index contributed by atoms with van der Waals surface area (Å²) < 4.78 is 0.996. The topological polar surface area (TPSA) is 62.0 Å². The maximum atomic E-state index is 13.0. The lowest BCUT2D eigenvalue weighted by molar-refractivity contribution is 0.103. The number of fused-ring (bicyclic) bond motifs is 1. The average Bonchev–Trinajstić information content (AvgIpc) is 3.05. The number of azo groups is 1. The molecule has 2 atom stereocenters. The summed E-state index contributed by atoms with van der Waals surface area (Å²) in [7, 11) is 0. The third kappa shape index (κ3) is 3.12. The second-order valence-electron chi connectivity index (χ2n) is 7.30. The Morgan fingerprint density at radius 3 is 2.17 bits per heavy atom. The van der Waals surface area contributed by atoms with Crippen molar-refractivity contribution in [1.29, 1.82) is 0 Å². The van der Waals surface area contributed by atoms with Crippen molar-refractivity contribution in [2.75, 3.05) is 0 Å². The number of allylic oxidation sites excluding steroid dienone is 1. The van der Waals surface area contributed by atoms with E-state index < -0.39 is 0 Å². The minimum absolute atomic E-state index is 0.0327. The van der Waals surface area contributed by atoms with E-state index in [1.807, 2.05) is 60.7 Å². The maximum Gasteiger partial charge on any atom is 0.199 e. The standard InChI is InChI=1S/C25H17BrN2O2/c26-17-12-10-16(11-13-17)23-20(15-6-2-1-3-7-15)14-21(27-28-23)22-24(29)18-8-4-5-9-19(18)25(22)30/h1-14,20,23,29H/t20-,23+/m0/s1. The number of Topliss-reactive ketones (excluding diaryl/α,β-unsaturated/α-hetero) is 1. The molecule has 30 heavy (non-hydrogen) atoms. The van der Waals surface area contributed by atoms with E-state index in [9.17, 15) is 9.90 Å². The summed E-state index contributed by atoms with van der Waals surface area (Å²) in [6.07, 6.45) is 1.95. The Kier molecular flexibility index (Phi) is 4.68. The third-order valence-electron chi connectivity index (χ3n) is 5.51. The monoisotopic (exact) mass is 456 g/mol. The van der Waals surface area contributed by atoms with Crippen LogP contribution in [0.25, 0.3) is 5.76 Å². The molecule has 0 amide bonds. The molecule has 0 saturated carbocycles. The van der Waals surface area contributed by atoms with Crippen molar-refractivity contribution < 1.29 is 9.90 Å². The first-order chi connectivity index (χ1) is 14.6. The first kappa shape index (κ1) is 18.7. The van der Waals surface area contributed by atoms with Crippen molar-refractivity contribution >= 4 is 27.5 Å². The highest BCUT2D eigenvalue weighted by molar-refractivity contribution is 9.10. The van der Waals surface area contributed by atoms with Gasteiger partial charge in [0.15, 0.2) is 5.78 Å². The molecule has 1 aliphatic carbocycles. The molecule has 0 spiro atoms. The van der Waals surface area contributed by atoms with Gasteiger partial charge in [0.25, 0.3) is 0 Å². The Morgan fingerprint density at radius 1 is 0.800 bits per heavy atom. The van der Waals surface area contributed by atoms with Gasteiger partial charge in [-0.2, -0.15) is 10.2 Å². The summed E-state index contributed by atoms with van der Waals surface area (Å²) >= 11 is 3.47. The summed E-state index contributed by atoms with van der Waals surface area (Å²) in [6, 6.07) is 24.9. The molecule has 3 aromatic rings. The molecule has 3 aromatic carbocycles. The lowest BCUT2D eigenvalue weighted by Gasteiger charge is -2.25. The molecule has 5 heteroatoms. The van der Waals surface area contributed by atoms with Crippen molar-refractivity contribution in [2.45, 2.75) is 12.0 Å². The molecule has 0 unspecified atom stereocenters. The van der Waals surface area contributed by atoms with E-state index in [-0.39, 0.29) is 29.1 Å². The molecule has 146 valence electrons. The highest BCUT2D eigenvalue weighted by Crippen LogP contribution is 2.44. The van der Waals surface area contributed by atoms with Crippen LogP contribution in [0.15, 0.2) is 111 Å². The summed E-state index contributed by atoms with van der Waals surface area (Å²) in [4.78, 5) is 13.0. The van der Waals surface area contributed by atoms with E-state index in [0.717, 1.165) is 15.6 Å². The zero-order valence-electron chi connectivity index (χ0n) is 15.9.